The Hall–Kier alpha value is -1.52. The summed E-state index contributed by atoms with van der Waals surface area (Å²) >= 11 is 11.4. The van der Waals surface area contributed by atoms with E-state index in [-0.39, 0.29) is 10.6 Å². The minimum absolute atomic E-state index is 0.124. The maximum atomic E-state index is 10.8. The first-order valence-corrected chi connectivity index (χ1v) is 4.80. The van der Waals surface area contributed by atoms with E-state index in [2.05, 4.69) is 0 Å². The monoisotopic (exact) mass is 260 g/mol. The number of aliphatic hydroxyl groups excluding tert-OH is 1. The van der Waals surface area contributed by atoms with Gasteiger partial charge in [-0.3, -0.25) is 4.79 Å². The first kappa shape index (κ1) is 12.5. The molecule has 16 heavy (non-hydrogen) atoms. The minimum atomic E-state index is -1.66. The van der Waals surface area contributed by atoms with Crippen LogP contribution in [0.25, 0.3) is 5.76 Å². The van der Waals surface area contributed by atoms with Gasteiger partial charge in [0, 0.05) is 16.7 Å². The zero-order valence-corrected chi connectivity index (χ0v) is 9.29. The van der Waals surface area contributed by atoms with Crippen LogP contribution >= 0.6 is 23.2 Å². The molecule has 0 amide bonds. The number of aliphatic carboxylic acids is 1. The molecule has 0 radical (unpaired) electrons. The highest BCUT2D eigenvalue weighted by molar-refractivity contribution is 6.39. The van der Waals surface area contributed by atoms with E-state index in [4.69, 9.17) is 28.3 Å². The van der Waals surface area contributed by atoms with E-state index in [0.29, 0.717) is 11.1 Å². The Morgan fingerprint density at radius 1 is 1.19 bits per heavy atom. The lowest BCUT2D eigenvalue weighted by molar-refractivity contribution is -0.146. The van der Waals surface area contributed by atoms with Gasteiger partial charge >= 0.3 is 5.97 Å². The molecule has 1 aromatic rings. The Morgan fingerprint density at radius 2 is 1.81 bits per heavy atom. The van der Waals surface area contributed by atoms with E-state index < -0.39 is 17.5 Å². The van der Waals surface area contributed by atoms with Gasteiger partial charge in [-0.25, -0.2) is 4.79 Å². The van der Waals surface area contributed by atoms with Gasteiger partial charge in [0.25, 0.3) is 5.78 Å². The number of aliphatic hydroxyl groups is 1. The van der Waals surface area contributed by atoms with E-state index in [0.717, 1.165) is 0 Å². The second-order valence-electron chi connectivity index (χ2n) is 2.82. The lowest BCUT2D eigenvalue weighted by Crippen LogP contribution is -2.09. The summed E-state index contributed by atoms with van der Waals surface area (Å²) < 4.78 is 0. The molecule has 0 fully saturated rings. The molecule has 1 aromatic carbocycles. The summed E-state index contributed by atoms with van der Waals surface area (Å²) in [7, 11) is 0. The molecule has 0 spiro atoms. The van der Waals surface area contributed by atoms with Crippen molar-refractivity contribution in [2.24, 2.45) is 0 Å². The number of rotatable bonds is 3. The van der Waals surface area contributed by atoms with Crippen molar-refractivity contribution in [1.82, 2.24) is 0 Å². The molecule has 4 nitrogen and oxygen atoms in total. The summed E-state index contributed by atoms with van der Waals surface area (Å²) in [5, 5.41) is 18.3. The molecule has 1 rings (SSSR count). The number of ketones is 1. The minimum Gasteiger partial charge on any atom is -0.507 e. The summed E-state index contributed by atoms with van der Waals surface area (Å²) in [5.41, 5.74) is 0.140. The predicted octanol–water partition coefficient (Wildman–Crippen LogP) is 2.55. The van der Waals surface area contributed by atoms with Gasteiger partial charge in [-0.05, 0) is 18.2 Å². The molecule has 0 saturated heterocycles. The molecule has 0 unspecified atom stereocenters. The highest BCUT2D eigenvalue weighted by atomic mass is 35.5. The molecule has 6 heteroatoms. The molecule has 2 N–H and O–H groups in total. The van der Waals surface area contributed by atoms with Crippen molar-refractivity contribution >= 4 is 40.7 Å². The molecule has 0 atom stereocenters. The number of carboxylic acid groups (broad SMARTS) is 1. The summed E-state index contributed by atoms with van der Waals surface area (Å²) in [4.78, 5) is 21.0. The van der Waals surface area contributed by atoms with Gasteiger partial charge in [0.2, 0.25) is 0 Å². The van der Waals surface area contributed by atoms with Crippen molar-refractivity contribution in [3.8, 4) is 0 Å². The van der Waals surface area contributed by atoms with Gasteiger partial charge in [-0.1, -0.05) is 23.2 Å². The zero-order valence-electron chi connectivity index (χ0n) is 7.78. The first-order valence-electron chi connectivity index (χ1n) is 4.05. The molecule has 0 aliphatic carbocycles. The third-order valence-corrected chi connectivity index (χ3v) is 2.23. The summed E-state index contributed by atoms with van der Waals surface area (Å²) in [5.74, 6) is -3.41. The Labute approximate surface area is 101 Å². The van der Waals surface area contributed by atoms with Crippen LogP contribution in [-0.2, 0) is 9.59 Å². The van der Waals surface area contributed by atoms with Crippen LogP contribution in [0, 0.1) is 0 Å². The molecule has 0 aliphatic heterocycles. The van der Waals surface area contributed by atoms with Crippen LogP contribution in [0.4, 0.5) is 0 Å². The van der Waals surface area contributed by atoms with Crippen LogP contribution in [0.1, 0.15) is 5.56 Å². The number of benzene rings is 1. The van der Waals surface area contributed by atoms with Crippen LogP contribution in [0.3, 0.4) is 0 Å². The van der Waals surface area contributed by atoms with Gasteiger partial charge in [-0.2, -0.15) is 0 Å². The maximum absolute atomic E-state index is 10.8. The van der Waals surface area contributed by atoms with Crippen LogP contribution in [0.2, 0.25) is 10.0 Å². The fourth-order valence-electron chi connectivity index (χ4n) is 0.961. The van der Waals surface area contributed by atoms with Crippen molar-refractivity contribution in [1.29, 1.82) is 0 Å². The third-order valence-electron chi connectivity index (χ3n) is 1.69. The zero-order chi connectivity index (χ0) is 12.3. The summed E-state index contributed by atoms with van der Waals surface area (Å²) in [6.45, 7) is 0. The Kier molecular flexibility index (Phi) is 3.93. The Balaban J connectivity index is 3.10. The number of carbonyl (C=O) groups is 2. The number of hydrogen-bond donors (Lipinski definition) is 2. The van der Waals surface area contributed by atoms with E-state index in [1.54, 1.807) is 0 Å². The molecule has 0 aromatic heterocycles. The average molecular weight is 261 g/mol. The van der Waals surface area contributed by atoms with Crippen LogP contribution in [0.15, 0.2) is 24.3 Å². The third kappa shape index (κ3) is 2.98. The van der Waals surface area contributed by atoms with Crippen LogP contribution in [0.5, 0.6) is 0 Å². The normalized spacial score (nSPS) is 11.2. The second-order valence-corrected chi connectivity index (χ2v) is 3.67. The molecular formula is C10H6Cl2O4. The van der Waals surface area contributed by atoms with E-state index >= 15 is 0 Å². The molecular weight excluding hydrogens is 255 g/mol. The van der Waals surface area contributed by atoms with E-state index in [1.807, 2.05) is 0 Å². The van der Waals surface area contributed by atoms with Crippen molar-refractivity contribution < 1.29 is 19.8 Å². The van der Waals surface area contributed by atoms with Gasteiger partial charge in [-0.15, -0.1) is 0 Å². The number of hydrogen-bond acceptors (Lipinski definition) is 3. The summed E-state index contributed by atoms with van der Waals surface area (Å²) in [6.07, 6.45) is 0.581. The SMILES string of the molecule is O=C(O)C(=O)/C=C(\O)c1ccc(Cl)cc1Cl. The largest absolute Gasteiger partial charge is 0.507 e. The second kappa shape index (κ2) is 5.01. The van der Waals surface area contributed by atoms with Gasteiger partial charge in [0.05, 0.1) is 5.02 Å². The smallest absolute Gasteiger partial charge is 0.376 e. The van der Waals surface area contributed by atoms with Gasteiger partial charge in [0.15, 0.2) is 0 Å². The van der Waals surface area contributed by atoms with Crippen molar-refractivity contribution in [3.05, 3.63) is 39.9 Å². The van der Waals surface area contributed by atoms with Crippen molar-refractivity contribution in [3.63, 3.8) is 0 Å². The molecule has 84 valence electrons. The standard InChI is InChI=1S/C10H6Cl2O4/c11-5-1-2-6(7(12)3-5)8(13)4-9(14)10(15)16/h1-4,13H,(H,15,16)/b8-4-. The predicted molar refractivity (Wildman–Crippen MR) is 59.7 cm³/mol. The summed E-state index contributed by atoms with van der Waals surface area (Å²) in [6, 6.07) is 4.21. The van der Waals surface area contributed by atoms with Crippen LogP contribution < -0.4 is 0 Å². The molecule has 0 heterocycles. The highest BCUT2D eigenvalue weighted by Gasteiger charge is 2.12. The van der Waals surface area contributed by atoms with E-state index in [1.165, 1.54) is 18.2 Å². The van der Waals surface area contributed by atoms with Gasteiger partial charge < -0.3 is 10.2 Å². The van der Waals surface area contributed by atoms with Crippen molar-refractivity contribution in [2.75, 3.05) is 0 Å². The number of carbonyl (C=O) groups excluding carboxylic acids is 1. The highest BCUT2D eigenvalue weighted by Crippen LogP contribution is 2.25. The van der Waals surface area contributed by atoms with Crippen molar-refractivity contribution in [2.45, 2.75) is 0 Å². The number of halogens is 2. The molecule has 0 aliphatic rings. The van der Waals surface area contributed by atoms with Gasteiger partial charge in [0.1, 0.15) is 5.76 Å². The molecule has 0 bridgehead atoms. The fourth-order valence-corrected chi connectivity index (χ4v) is 1.47. The fraction of sp³-hybridized carbons (Fsp3) is 0. The topological polar surface area (TPSA) is 74.6 Å². The Morgan fingerprint density at radius 3 is 2.31 bits per heavy atom. The quantitative estimate of drug-likeness (QED) is 0.498. The average Bonchev–Trinajstić information content (AvgIpc) is 2.16. The van der Waals surface area contributed by atoms with E-state index in [9.17, 15) is 14.7 Å². The Bertz CT molecular complexity index is 480. The lowest BCUT2D eigenvalue weighted by Gasteiger charge is -2.02. The first-order chi connectivity index (χ1) is 7.41. The lowest BCUT2D eigenvalue weighted by atomic mass is 10.1. The maximum Gasteiger partial charge on any atom is 0.376 e. The number of carboxylic acids is 1. The molecule has 0 saturated carbocycles. The van der Waals surface area contributed by atoms with Crippen LogP contribution in [-0.4, -0.2) is 22.0 Å².